The van der Waals surface area contributed by atoms with Crippen molar-refractivity contribution < 1.29 is 0 Å². The summed E-state index contributed by atoms with van der Waals surface area (Å²) < 4.78 is 0. The van der Waals surface area contributed by atoms with Crippen LogP contribution in [-0.4, -0.2) is 35.6 Å². The highest BCUT2D eigenvalue weighted by Gasteiger charge is 2.39. The molecule has 0 spiro atoms. The molecule has 1 saturated heterocycles. The highest BCUT2D eigenvalue weighted by atomic mass is 15.3. The van der Waals surface area contributed by atoms with Crippen LogP contribution in [0.25, 0.3) is 0 Å². The molecule has 1 N–H and O–H groups in total. The molecule has 1 aliphatic carbocycles. The molecule has 2 atom stereocenters. The molecular formula is C13H26N2. The molecule has 2 nitrogen and oxygen atoms in total. The third-order valence-corrected chi connectivity index (χ3v) is 4.16. The molecule has 0 aromatic heterocycles. The average molecular weight is 210 g/mol. The van der Waals surface area contributed by atoms with Crippen molar-refractivity contribution in [1.82, 2.24) is 10.2 Å². The predicted molar refractivity (Wildman–Crippen MR) is 65.1 cm³/mol. The van der Waals surface area contributed by atoms with Gasteiger partial charge in [-0.05, 0) is 46.0 Å². The summed E-state index contributed by atoms with van der Waals surface area (Å²) in [5.41, 5.74) is 0.300. The van der Waals surface area contributed by atoms with Gasteiger partial charge in [0.1, 0.15) is 0 Å². The van der Waals surface area contributed by atoms with Gasteiger partial charge < -0.3 is 5.32 Å². The second-order valence-electron chi connectivity index (χ2n) is 6.08. The number of rotatable bonds is 3. The molecule has 1 heterocycles. The van der Waals surface area contributed by atoms with Crippen LogP contribution in [0, 0.1) is 5.92 Å². The summed E-state index contributed by atoms with van der Waals surface area (Å²) in [4.78, 5) is 2.76. The van der Waals surface area contributed by atoms with E-state index < -0.39 is 0 Å². The minimum Gasteiger partial charge on any atom is -0.309 e. The lowest BCUT2D eigenvalue weighted by molar-refractivity contribution is 0.0501. The maximum absolute atomic E-state index is 3.66. The van der Waals surface area contributed by atoms with Crippen LogP contribution in [0.4, 0.5) is 0 Å². The van der Waals surface area contributed by atoms with Gasteiger partial charge in [0.15, 0.2) is 0 Å². The number of nitrogens with one attached hydrogen (secondary N) is 1. The van der Waals surface area contributed by atoms with E-state index in [9.17, 15) is 0 Å². The zero-order valence-corrected chi connectivity index (χ0v) is 10.7. The quantitative estimate of drug-likeness (QED) is 0.768. The normalized spacial score (nSPS) is 34.0. The second kappa shape index (κ2) is 4.06. The van der Waals surface area contributed by atoms with E-state index in [1.807, 2.05) is 0 Å². The van der Waals surface area contributed by atoms with Crippen LogP contribution in [0.5, 0.6) is 0 Å². The topological polar surface area (TPSA) is 15.3 Å². The molecule has 0 radical (unpaired) electrons. The van der Waals surface area contributed by atoms with Crippen LogP contribution in [0.15, 0.2) is 0 Å². The van der Waals surface area contributed by atoms with E-state index in [0.717, 1.165) is 18.0 Å². The summed E-state index contributed by atoms with van der Waals surface area (Å²) in [7, 11) is 0. The van der Waals surface area contributed by atoms with Crippen molar-refractivity contribution in [2.45, 2.75) is 64.6 Å². The van der Waals surface area contributed by atoms with E-state index in [1.165, 1.54) is 32.4 Å². The Labute approximate surface area is 94.4 Å². The minimum atomic E-state index is 0.300. The van der Waals surface area contributed by atoms with Crippen LogP contribution in [0.2, 0.25) is 0 Å². The molecule has 0 aromatic rings. The van der Waals surface area contributed by atoms with E-state index in [4.69, 9.17) is 0 Å². The van der Waals surface area contributed by atoms with Crippen LogP contribution in [-0.2, 0) is 0 Å². The lowest BCUT2D eigenvalue weighted by atomic mass is 9.95. The highest BCUT2D eigenvalue weighted by molar-refractivity contribution is 4.97. The Morgan fingerprint density at radius 3 is 2.60 bits per heavy atom. The van der Waals surface area contributed by atoms with Gasteiger partial charge in [-0.3, -0.25) is 4.90 Å². The average Bonchev–Trinajstić information content (AvgIpc) is 2.98. The number of piperazine rings is 1. The summed E-state index contributed by atoms with van der Waals surface area (Å²) in [6, 6.07) is 1.56. The third kappa shape index (κ3) is 2.54. The number of hydrogen-bond donors (Lipinski definition) is 1. The largest absolute Gasteiger partial charge is 0.309 e. The summed E-state index contributed by atoms with van der Waals surface area (Å²) in [5.74, 6) is 0.993. The summed E-state index contributed by atoms with van der Waals surface area (Å²) in [5, 5.41) is 3.66. The maximum Gasteiger partial charge on any atom is 0.0253 e. The first kappa shape index (κ1) is 11.4. The van der Waals surface area contributed by atoms with Gasteiger partial charge in [0.25, 0.3) is 0 Å². The molecule has 2 fully saturated rings. The van der Waals surface area contributed by atoms with Crippen molar-refractivity contribution in [1.29, 1.82) is 0 Å². The minimum absolute atomic E-state index is 0.300. The maximum atomic E-state index is 3.66. The molecule has 88 valence electrons. The lowest BCUT2D eigenvalue weighted by Gasteiger charge is -2.47. The van der Waals surface area contributed by atoms with E-state index in [0.29, 0.717) is 5.54 Å². The molecular weight excluding hydrogens is 184 g/mol. The molecule has 0 amide bonds. The molecule has 0 aromatic carbocycles. The summed E-state index contributed by atoms with van der Waals surface area (Å²) in [6.45, 7) is 11.8. The van der Waals surface area contributed by atoms with Gasteiger partial charge >= 0.3 is 0 Å². The van der Waals surface area contributed by atoms with Crippen molar-refractivity contribution in [2.24, 2.45) is 5.92 Å². The fraction of sp³-hybridized carbons (Fsp3) is 1.00. The first-order chi connectivity index (χ1) is 7.03. The molecule has 0 bridgehead atoms. The second-order valence-corrected chi connectivity index (χ2v) is 6.08. The van der Waals surface area contributed by atoms with Crippen LogP contribution < -0.4 is 5.32 Å². The smallest absolute Gasteiger partial charge is 0.0253 e. The van der Waals surface area contributed by atoms with Crippen molar-refractivity contribution in [3.05, 3.63) is 0 Å². The molecule has 15 heavy (non-hydrogen) atoms. The molecule has 2 rings (SSSR count). The van der Waals surface area contributed by atoms with Crippen molar-refractivity contribution in [3.8, 4) is 0 Å². The first-order valence-electron chi connectivity index (χ1n) is 6.54. The Morgan fingerprint density at radius 1 is 1.40 bits per heavy atom. The van der Waals surface area contributed by atoms with Gasteiger partial charge in [-0.1, -0.05) is 6.92 Å². The van der Waals surface area contributed by atoms with E-state index >= 15 is 0 Å². The van der Waals surface area contributed by atoms with Gasteiger partial charge in [-0.15, -0.1) is 0 Å². The fourth-order valence-corrected chi connectivity index (χ4v) is 2.86. The van der Waals surface area contributed by atoms with E-state index in [1.54, 1.807) is 0 Å². The fourth-order valence-electron chi connectivity index (χ4n) is 2.86. The first-order valence-corrected chi connectivity index (χ1v) is 6.54. The van der Waals surface area contributed by atoms with E-state index in [2.05, 4.69) is 37.9 Å². The van der Waals surface area contributed by atoms with Gasteiger partial charge in [0.05, 0.1) is 0 Å². The lowest BCUT2D eigenvalue weighted by Crippen LogP contribution is -2.63. The Morgan fingerprint density at radius 2 is 2.07 bits per heavy atom. The van der Waals surface area contributed by atoms with Crippen molar-refractivity contribution >= 4 is 0 Å². The Kier molecular flexibility index (Phi) is 3.09. The molecule has 2 heteroatoms. The molecule has 1 saturated carbocycles. The standard InChI is InChI=1S/C13H26N2/c1-5-12-8-14-13(3,4)9-15(12)10(2)11-6-7-11/h10-12,14H,5-9H2,1-4H3. The Balaban J connectivity index is 2.02. The molecule has 2 aliphatic rings. The summed E-state index contributed by atoms with van der Waals surface area (Å²) >= 11 is 0. The molecule has 1 aliphatic heterocycles. The zero-order valence-electron chi connectivity index (χ0n) is 10.7. The van der Waals surface area contributed by atoms with Crippen LogP contribution in [0.3, 0.4) is 0 Å². The Bertz CT molecular complexity index is 219. The predicted octanol–water partition coefficient (Wildman–Crippen LogP) is 2.25. The monoisotopic (exact) mass is 210 g/mol. The van der Waals surface area contributed by atoms with E-state index in [-0.39, 0.29) is 0 Å². The van der Waals surface area contributed by atoms with Crippen LogP contribution in [0.1, 0.15) is 47.0 Å². The highest BCUT2D eigenvalue weighted by Crippen LogP contribution is 2.37. The SMILES string of the molecule is CCC1CNC(C)(C)CN1C(C)C1CC1. The third-order valence-electron chi connectivity index (χ3n) is 4.16. The van der Waals surface area contributed by atoms with Gasteiger partial charge in [-0.2, -0.15) is 0 Å². The number of hydrogen-bond acceptors (Lipinski definition) is 2. The number of nitrogens with zero attached hydrogens (tertiary/aromatic N) is 1. The summed E-state index contributed by atoms with van der Waals surface area (Å²) in [6.07, 6.45) is 4.20. The Hall–Kier alpha value is -0.0800. The van der Waals surface area contributed by atoms with Crippen LogP contribution >= 0.6 is 0 Å². The van der Waals surface area contributed by atoms with Crippen molar-refractivity contribution in [2.75, 3.05) is 13.1 Å². The van der Waals surface area contributed by atoms with Gasteiger partial charge in [0.2, 0.25) is 0 Å². The zero-order chi connectivity index (χ0) is 11.1. The van der Waals surface area contributed by atoms with Crippen molar-refractivity contribution in [3.63, 3.8) is 0 Å². The van der Waals surface area contributed by atoms with Gasteiger partial charge in [0, 0.05) is 30.7 Å². The molecule has 2 unspecified atom stereocenters. The van der Waals surface area contributed by atoms with Gasteiger partial charge in [-0.25, -0.2) is 0 Å².